The Morgan fingerprint density at radius 3 is 2.26 bits per heavy atom. The summed E-state index contributed by atoms with van der Waals surface area (Å²) >= 11 is 6.00. The molecule has 4 rings (SSSR count). The Balaban J connectivity index is 1.45. The normalized spacial score (nSPS) is 25.1. The lowest BCUT2D eigenvalue weighted by Crippen LogP contribution is -2.54. The molecule has 1 aliphatic carbocycles. The van der Waals surface area contributed by atoms with Crippen molar-refractivity contribution in [2.24, 2.45) is 11.8 Å². The molecule has 0 bridgehead atoms. The zero-order chi connectivity index (χ0) is 24.7. The summed E-state index contributed by atoms with van der Waals surface area (Å²) in [5, 5.41) is 3.67. The van der Waals surface area contributed by atoms with Gasteiger partial charge in [0.1, 0.15) is 11.3 Å². The number of hydrogen-bond acceptors (Lipinski definition) is 4. The summed E-state index contributed by atoms with van der Waals surface area (Å²) in [4.78, 5) is 28.5. The quantitative estimate of drug-likeness (QED) is 0.581. The zero-order valence-electron chi connectivity index (χ0n) is 19.2. The molecular weight excluding hydrogens is 476 g/mol. The maximum absolute atomic E-state index is 13.6. The first-order chi connectivity index (χ1) is 16.0. The van der Waals surface area contributed by atoms with E-state index in [1.54, 1.807) is 12.1 Å². The van der Waals surface area contributed by atoms with Crippen LogP contribution in [0.4, 0.5) is 0 Å². The maximum Gasteiger partial charge on any atom is 0.269 e. The summed E-state index contributed by atoms with van der Waals surface area (Å²) in [6.45, 7) is 5.15. The first-order valence-corrected chi connectivity index (χ1v) is 13.4. The first-order valence-electron chi connectivity index (χ1n) is 11.4. The second kappa shape index (κ2) is 9.32. The third-order valence-corrected chi connectivity index (χ3v) is 8.36. The third kappa shape index (κ3) is 4.99. The molecule has 2 aromatic carbocycles. The molecule has 2 amide bonds. The van der Waals surface area contributed by atoms with E-state index in [1.807, 2.05) is 43.0 Å². The molecule has 0 aromatic heterocycles. The van der Waals surface area contributed by atoms with Gasteiger partial charge in [-0.15, -0.1) is 0 Å². The highest BCUT2D eigenvalue weighted by atomic mass is 35.5. The van der Waals surface area contributed by atoms with Gasteiger partial charge in [-0.2, -0.15) is 8.42 Å². The molecule has 9 heteroatoms. The molecular formula is C25H29ClN2O5S. The number of carbonyl (C=O) groups is 2. The van der Waals surface area contributed by atoms with E-state index < -0.39 is 27.3 Å². The minimum absolute atomic E-state index is 0.0149. The van der Waals surface area contributed by atoms with Crippen molar-refractivity contribution in [1.82, 2.24) is 10.2 Å². The first kappa shape index (κ1) is 24.7. The average Bonchev–Trinajstić information content (AvgIpc) is 3.32. The molecule has 2 aromatic rings. The largest absolute Gasteiger partial charge is 0.341 e. The van der Waals surface area contributed by atoms with Crippen LogP contribution in [0.15, 0.2) is 48.5 Å². The fourth-order valence-electron chi connectivity index (χ4n) is 5.13. The van der Waals surface area contributed by atoms with Crippen molar-refractivity contribution < 1.29 is 22.6 Å². The highest BCUT2D eigenvalue weighted by molar-refractivity contribution is 7.85. The van der Waals surface area contributed by atoms with E-state index in [9.17, 15) is 18.0 Å². The van der Waals surface area contributed by atoms with Crippen molar-refractivity contribution in [2.75, 3.05) is 13.1 Å². The fourth-order valence-corrected chi connectivity index (χ4v) is 5.86. The van der Waals surface area contributed by atoms with E-state index in [2.05, 4.69) is 5.32 Å². The summed E-state index contributed by atoms with van der Waals surface area (Å²) in [6, 6.07) is 13.9. The standard InChI is InChI=1S/C25H29ClN2O5S/c1-16-17(2)25(16,27-23(29)21-5-3-4-18(14-21)15-34(31,32)33)24(30)28-12-10-20(11-13-28)19-6-8-22(26)9-7-19/h3-9,14,16-17,20H,10-13,15H2,1-2H3,(H,27,29)(H,31,32,33). The number of rotatable bonds is 6. The Labute approximate surface area is 205 Å². The Morgan fingerprint density at radius 2 is 1.71 bits per heavy atom. The van der Waals surface area contributed by atoms with Crippen molar-refractivity contribution in [3.8, 4) is 0 Å². The Morgan fingerprint density at radius 1 is 1.09 bits per heavy atom. The van der Waals surface area contributed by atoms with E-state index >= 15 is 0 Å². The Hall–Kier alpha value is -2.42. The second-order valence-corrected chi connectivity index (χ2v) is 11.3. The number of amides is 2. The summed E-state index contributed by atoms with van der Waals surface area (Å²) in [5.74, 6) is -0.736. The predicted octanol–water partition coefficient (Wildman–Crippen LogP) is 3.89. The molecule has 182 valence electrons. The molecule has 7 nitrogen and oxygen atoms in total. The number of hydrogen-bond donors (Lipinski definition) is 2. The fraction of sp³-hybridized carbons (Fsp3) is 0.440. The lowest BCUT2D eigenvalue weighted by atomic mass is 9.89. The third-order valence-electron chi connectivity index (χ3n) is 7.41. The Kier molecular flexibility index (Phi) is 6.77. The number of likely N-dealkylation sites (tertiary alicyclic amines) is 1. The van der Waals surface area contributed by atoms with E-state index in [0.29, 0.717) is 29.6 Å². The number of nitrogens with one attached hydrogen (secondary N) is 1. The SMILES string of the molecule is CC1C(C)C1(NC(=O)c1cccc(CS(=O)(=O)O)c1)C(=O)N1CCC(c2ccc(Cl)cc2)CC1. The van der Waals surface area contributed by atoms with Gasteiger partial charge in [0.05, 0.1) is 0 Å². The van der Waals surface area contributed by atoms with Gasteiger partial charge in [0.15, 0.2) is 0 Å². The van der Waals surface area contributed by atoms with Crippen molar-refractivity contribution in [1.29, 1.82) is 0 Å². The van der Waals surface area contributed by atoms with Crippen molar-refractivity contribution in [3.05, 3.63) is 70.2 Å². The molecule has 2 N–H and O–H groups in total. The van der Waals surface area contributed by atoms with Gasteiger partial charge in [-0.05, 0) is 66.0 Å². The van der Waals surface area contributed by atoms with Crippen LogP contribution in [0.1, 0.15) is 54.1 Å². The number of piperidine rings is 1. The molecule has 1 saturated carbocycles. The van der Waals surface area contributed by atoms with Crippen LogP contribution in [0.25, 0.3) is 0 Å². The molecule has 1 heterocycles. The lowest BCUT2D eigenvalue weighted by molar-refractivity contribution is -0.136. The van der Waals surface area contributed by atoms with Crippen LogP contribution in [-0.2, 0) is 20.7 Å². The molecule has 2 aliphatic rings. The number of benzene rings is 2. The van der Waals surface area contributed by atoms with Gasteiger partial charge in [-0.25, -0.2) is 0 Å². The maximum atomic E-state index is 13.6. The number of carbonyl (C=O) groups excluding carboxylic acids is 2. The smallest absolute Gasteiger partial charge is 0.269 e. The molecule has 1 aliphatic heterocycles. The molecule has 0 spiro atoms. The van der Waals surface area contributed by atoms with E-state index in [4.69, 9.17) is 16.2 Å². The van der Waals surface area contributed by atoms with Gasteiger partial charge < -0.3 is 10.2 Å². The van der Waals surface area contributed by atoms with Crippen molar-refractivity contribution >= 4 is 33.5 Å². The van der Waals surface area contributed by atoms with Crippen LogP contribution in [0.5, 0.6) is 0 Å². The zero-order valence-corrected chi connectivity index (χ0v) is 20.8. The minimum Gasteiger partial charge on any atom is -0.341 e. The summed E-state index contributed by atoms with van der Waals surface area (Å²) < 4.78 is 31.5. The van der Waals surface area contributed by atoms with Gasteiger partial charge >= 0.3 is 0 Å². The molecule has 2 unspecified atom stereocenters. The number of nitrogens with zero attached hydrogens (tertiary/aromatic N) is 1. The summed E-state index contributed by atoms with van der Waals surface area (Å²) in [5.41, 5.74) is 0.804. The van der Waals surface area contributed by atoms with Crippen LogP contribution in [-0.4, -0.2) is 48.3 Å². The summed E-state index contributed by atoms with van der Waals surface area (Å²) in [7, 11) is -4.21. The van der Waals surface area contributed by atoms with Gasteiger partial charge in [0, 0.05) is 23.7 Å². The Bertz CT molecular complexity index is 1180. The van der Waals surface area contributed by atoms with Crippen LogP contribution < -0.4 is 5.32 Å². The average molecular weight is 505 g/mol. The van der Waals surface area contributed by atoms with Crippen LogP contribution in [0.2, 0.25) is 5.02 Å². The highest BCUT2D eigenvalue weighted by Gasteiger charge is 2.66. The molecule has 2 fully saturated rings. The van der Waals surface area contributed by atoms with Crippen LogP contribution in [0.3, 0.4) is 0 Å². The number of halogens is 1. The molecule has 34 heavy (non-hydrogen) atoms. The monoisotopic (exact) mass is 504 g/mol. The van der Waals surface area contributed by atoms with Crippen molar-refractivity contribution in [2.45, 2.75) is 43.9 Å². The molecule has 1 saturated heterocycles. The van der Waals surface area contributed by atoms with Crippen LogP contribution >= 0.6 is 11.6 Å². The van der Waals surface area contributed by atoms with Crippen LogP contribution in [0, 0.1) is 11.8 Å². The molecule has 2 atom stereocenters. The predicted molar refractivity (Wildman–Crippen MR) is 130 cm³/mol. The topological polar surface area (TPSA) is 104 Å². The van der Waals surface area contributed by atoms with E-state index in [1.165, 1.54) is 17.7 Å². The van der Waals surface area contributed by atoms with E-state index in [-0.39, 0.29) is 23.3 Å². The second-order valence-electron chi connectivity index (χ2n) is 9.45. The van der Waals surface area contributed by atoms with Gasteiger partial charge in [-0.3, -0.25) is 14.1 Å². The molecule has 0 radical (unpaired) electrons. The van der Waals surface area contributed by atoms with Gasteiger partial charge in [0.2, 0.25) is 5.91 Å². The lowest BCUT2D eigenvalue weighted by Gasteiger charge is -2.35. The van der Waals surface area contributed by atoms with Crippen molar-refractivity contribution in [3.63, 3.8) is 0 Å². The summed E-state index contributed by atoms with van der Waals surface area (Å²) in [6.07, 6.45) is 1.69. The van der Waals surface area contributed by atoms with Gasteiger partial charge in [-0.1, -0.05) is 49.7 Å². The van der Waals surface area contributed by atoms with E-state index in [0.717, 1.165) is 12.8 Å². The van der Waals surface area contributed by atoms with Gasteiger partial charge in [0.25, 0.3) is 16.0 Å². The minimum atomic E-state index is -4.21. The highest BCUT2D eigenvalue weighted by Crippen LogP contribution is 2.51.